The highest BCUT2D eigenvalue weighted by Gasteiger charge is 2.19. The van der Waals surface area contributed by atoms with E-state index in [1.807, 2.05) is 6.92 Å². The molecule has 0 fully saturated rings. The number of aryl methyl sites for hydroxylation is 1. The van der Waals surface area contributed by atoms with Crippen molar-refractivity contribution in [3.63, 3.8) is 0 Å². The molecule has 0 spiro atoms. The lowest BCUT2D eigenvalue weighted by Gasteiger charge is -2.06. The van der Waals surface area contributed by atoms with Crippen molar-refractivity contribution in [3.05, 3.63) is 11.4 Å². The predicted molar refractivity (Wildman–Crippen MR) is 65.2 cm³/mol. The smallest absolute Gasteiger partial charge is 0.360 e. The molecule has 2 N–H and O–H groups in total. The summed E-state index contributed by atoms with van der Waals surface area (Å²) in [6.07, 6.45) is 1.36. The largest absolute Gasteiger partial charge is 0.464 e. The Labute approximate surface area is 106 Å². The lowest BCUT2D eigenvalue weighted by Crippen LogP contribution is -2.15. The highest BCUT2D eigenvalue weighted by atomic mass is 16.5. The predicted octanol–water partition coefficient (Wildman–Crippen LogP) is -0.00750. The van der Waals surface area contributed by atoms with Gasteiger partial charge in [-0.15, -0.1) is 5.10 Å². The van der Waals surface area contributed by atoms with Gasteiger partial charge in [-0.3, -0.25) is 0 Å². The first-order chi connectivity index (χ1) is 8.74. The number of hydrogen-bond acceptors (Lipinski definition) is 6. The van der Waals surface area contributed by atoms with Crippen LogP contribution >= 0.6 is 0 Å². The van der Waals surface area contributed by atoms with Crippen molar-refractivity contribution in [1.82, 2.24) is 15.0 Å². The first-order valence-electron chi connectivity index (χ1n) is 6.03. The number of methoxy groups -OCH3 is 1. The summed E-state index contributed by atoms with van der Waals surface area (Å²) in [5.74, 6) is -0.477. The van der Waals surface area contributed by atoms with Gasteiger partial charge in [-0.2, -0.15) is 0 Å². The molecule has 7 heteroatoms. The van der Waals surface area contributed by atoms with Crippen LogP contribution < -0.4 is 5.73 Å². The maximum absolute atomic E-state index is 11.5. The molecule has 1 aromatic rings. The quantitative estimate of drug-likeness (QED) is 0.519. The number of carbonyl (C=O) groups excluding carboxylic acids is 1. The Hall–Kier alpha value is -1.47. The van der Waals surface area contributed by atoms with Crippen LogP contribution in [0.25, 0.3) is 0 Å². The van der Waals surface area contributed by atoms with Gasteiger partial charge in [0.05, 0.1) is 12.8 Å². The maximum atomic E-state index is 11.5. The van der Waals surface area contributed by atoms with Gasteiger partial charge in [-0.1, -0.05) is 5.21 Å². The summed E-state index contributed by atoms with van der Waals surface area (Å²) in [6, 6.07) is 0. The third kappa shape index (κ3) is 3.78. The number of ether oxygens (including phenoxy) is 2. The van der Waals surface area contributed by atoms with Gasteiger partial charge in [0.25, 0.3) is 0 Å². The van der Waals surface area contributed by atoms with Crippen LogP contribution in [0.5, 0.6) is 0 Å². The van der Waals surface area contributed by atoms with Crippen LogP contribution in [0.15, 0.2) is 0 Å². The summed E-state index contributed by atoms with van der Waals surface area (Å²) in [6.45, 7) is 4.39. The number of carbonyl (C=O) groups is 1. The molecule has 0 amide bonds. The lowest BCUT2D eigenvalue weighted by atomic mass is 10.2. The third-order valence-electron chi connectivity index (χ3n) is 2.46. The Morgan fingerprint density at radius 3 is 2.89 bits per heavy atom. The van der Waals surface area contributed by atoms with E-state index in [9.17, 15) is 4.79 Å². The Bertz CT molecular complexity index is 378. The highest BCUT2D eigenvalue weighted by Crippen LogP contribution is 2.08. The molecule has 0 saturated heterocycles. The maximum Gasteiger partial charge on any atom is 0.360 e. The van der Waals surface area contributed by atoms with E-state index in [2.05, 4.69) is 15.0 Å². The Morgan fingerprint density at radius 1 is 1.50 bits per heavy atom. The fraction of sp³-hybridized carbons (Fsp3) is 0.727. The number of hydrogen-bond donors (Lipinski definition) is 1. The van der Waals surface area contributed by atoms with E-state index in [0.29, 0.717) is 32.7 Å². The topological polar surface area (TPSA) is 92.3 Å². The fourth-order valence-corrected chi connectivity index (χ4v) is 1.61. The number of aromatic nitrogens is 3. The van der Waals surface area contributed by atoms with Crippen LogP contribution in [0.2, 0.25) is 0 Å². The second-order valence-electron chi connectivity index (χ2n) is 3.69. The molecule has 1 aromatic heterocycles. The number of nitrogens with zero attached hydrogens (tertiary/aromatic N) is 3. The molecule has 0 saturated carbocycles. The first kappa shape index (κ1) is 14.6. The molecule has 0 bridgehead atoms. The molecule has 0 aliphatic carbocycles. The second-order valence-corrected chi connectivity index (χ2v) is 3.69. The van der Waals surface area contributed by atoms with Crippen molar-refractivity contribution in [1.29, 1.82) is 0 Å². The van der Waals surface area contributed by atoms with E-state index in [4.69, 9.17) is 10.5 Å². The first-order valence-corrected chi connectivity index (χ1v) is 6.03. The molecule has 0 unspecified atom stereocenters. The fourth-order valence-electron chi connectivity index (χ4n) is 1.61. The minimum atomic E-state index is -0.477. The third-order valence-corrected chi connectivity index (χ3v) is 2.46. The average molecular weight is 256 g/mol. The van der Waals surface area contributed by atoms with Gasteiger partial charge in [-0.05, 0) is 19.9 Å². The van der Waals surface area contributed by atoms with E-state index in [1.54, 1.807) is 4.68 Å². The summed E-state index contributed by atoms with van der Waals surface area (Å²) >= 11 is 0. The molecule has 18 heavy (non-hydrogen) atoms. The number of nitrogens with two attached hydrogens (primary N) is 1. The average Bonchev–Trinajstić information content (AvgIpc) is 2.77. The van der Waals surface area contributed by atoms with Gasteiger partial charge in [0, 0.05) is 26.2 Å². The van der Waals surface area contributed by atoms with Gasteiger partial charge >= 0.3 is 5.97 Å². The van der Waals surface area contributed by atoms with E-state index >= 15 is 0 Å². The second kappa shape index (κ2) is 7.78. The van der Waals surface area contributed by atoms with Crippen molar-refractivity contribution in [2.24, 2.45) is 5.73 Å². The normalized spacial score (nSPS) is 10.6. The molecule has 0 radical (unpaired) electrons. The van der Waals surface area contributed by atoms with E-state index in [-0.39, 0.29) is 5.69 Å². The van der Waals surface area contributed by atoms with Crippen LogP contribution in [0.1, 0.15) is 29.5 Å². The summed E-state index contributed by atoms with van der Waals surface area (Å²) in [5.41, 5.74) is 6.50. The lowest BCUT2D eigenvalue weighted by molar-refractivity contribution is 0.0592. The van der Waals surface area contributed by atoms with Gasteiger partial charge in [0.15, 0.2) is 5.69 Å². The Morgan fingerprint density at radius 2 is 2.28 bits per heavy atom. The van der Waals surface area contributed by atoms with Gasteiger partial charge in [-0.25, -0.2) is 9.48 Å². The molecule has 0 aromatic carbocycles. The van der Waals surface area contributed by atoms with E-state index in [0.717, 1.165) is 12.1 Å². The molecular formula is C11H20N4O3. The monoisotopic (exact) mass is 256 g/mol. The molecule has 1 heterocycles. The van der Waals surface area contributed by atoms with Crippen molar-refractivity contribution in [3.8, 4) is 0 Å². The van der Waals surface area contributed by atoms with Gasteiger partial charge in [0.2, 0.25) is 0 Å². The Balaban J connectivity index is 2.71. The van der Waals surface area contributed by atoms with E-state index in [1.165, 1.54) is 7.11 Å². The van der Waals surface area contributed by atoms with Crippen molar-refractivity contribution in [2.45, 2.75) is 26.3 Å². The molecule has 102 valence electrons. The SMILES string of the molecule is CCOCCCn1nnc(C(=O)OC)c1CCN. The number of rotatable bonds is 8. The van der Waals surface area contributed by atoms with Crippen LogP contribution in [0.3, 0.4) is 0 Å². The van der Waals surface area contributed by atoms with E-state index < -0.39 is 5.97 Å². The molecule has 0 aliphatic heterocycles. The Kier molecular flexibility index (Phi) is 6.31. The van der Waals surface area contributed by atoms with Gasteiger partial charge in [0.1, 0.15) is 0 Å². The highest BCUT2D eigenvalue weighted by molar-refractivity contribution is 5.88. The van der Waals surface area contributed by atoms with Crippen LogP contribution in [0, 0.1) is 0 Å². The van der Waals surface area contributed by atoms with Crippen molar-refractivity contribution >= 4 is 5.97 Å². The summed E-state index contributed by atoms with van der Waals surface area (Å²) < 4.78 is 11.6. The molecule has 0 aliphatic rings. The molecule has 0 atom stereocenters. The minimum absolute atomic E-state index is 0.249. The van der Waals surface area contributed by atoms with Crippen molar-refractivity contribution in [2.75, 3.05) is 26.9 Å². The summed E-state index contributed by atoms with van der Waals surface area (Å²) in [4.78, 5) is 11.5. The standard InChI is InChI=1S/C11H20N4O3/c1-3-18-8-4-7-15-9(5-6-12)10(13-14-15)11(16)17-2/h3-8,12H2,1-2H3. The minimum Gasteiger partial charge on any atom is -0.464 e. The summed E-state index contributed by atoms with van der Waals surface area (Å²) in [7, 11) is 1.32. The van der Waals surface area contributed by atoms with Crippen LogP contribution in [-0.2, 0) is 22.4 Å². The molecule has 7 nitrogen and oxygen atoms in total. The van der Waals surface area contributed by atoms with Crippen LogP contribution in [-0.4, -0.2) is 47.8 Å². The van der Waals surface area contributed by atoms with Crippen LogP contribution in [0.4, 0.5) is 0 Å². The molecule has 1 rings (SSSR count). The summed E-state index contributed by atoms with van der Waals surface area (Å²) in [5, 5.41) is 7.80. The zero-order valence-electron chi connectivity index (χ0n) is 10.9. The van der Waals surface area contributed by atoms with Crippen molar-refractivity contribution < 1.29 is 14.3 Å². The molecular weight excluding hydrogens is 236 g/mol. The zero-order valence-corrected chi connectivity index (χ0v) is 10.9. The zero-order chi connectivity index (χ0) is 13.4. The van der Waals surface area contributed by atoms with Gasteiger partial charge < -0.3 is 15.2 Å². The number of esters is 1.